The molecule has 0 spiro atoms. The fraction of sp³-hybridized carbons (Fsp3) is 0.375. The Balaban J connectivity index is 0.00000208. The average Bonchev–Trinajstić information content (AvgIpc) is 3.01. The number of nitrogens with zero attached hydrogens (tertiary/aromatic N) is 1. The van der Waals surface area contributed by atoms with Crippen LogP contribution in [0.15, 0.2) is 35.0 Å². The van der Waals surface area contributed by atoms with Gasteiger partial charge >= 0.3 is 6.18 Å². The van der Waals surface area contributed by atoms with E-state index in [1.807, 2.05) is 16.8 Å². The number of halogens is 5. The third-order valence-corrected chi connectivity index (χ3v) is 4.86. The highest BCUT2D eigenvalue weighted by Crippen LogP contribution is 2.37. The maximum Gasteiger partial charge on any atom is 0.416 e. The molecule has 0 bridgehead atoms. The van der Waals surface area contributed by atoms with Gasteiger partial charge in [0.25, 0.3) is 0 Å². The number of alkyl halides is 3. The summed E-state index contributed by atoms with van der Waals surface area (Å²) in [7, 11) is 0. The van der Waals surface area contributed by atoms with Crippen LogP contribution in [0.3, 0.4) is 0 Å². The van der Waals surface area contributed by atoms with Crippen molar-refractivity contribution in [1.29, 1.82) is 0 Å². The third-order valence-electron chi connectivity index (χ3n) is 3.94. The highest BCUT2D eigenvalue weighted by atomic mass is 35.5. The number of piperazine rings is 1. The Hall–Kier alpha value is -0.790. The topological polar surface area (TPSA) is 15.3 Å². The van der Waals surface area contributed by atoms with Crippen molar-refractivity contribution in [1.82, 2.24) is 10.2 Å². The van der Waals surface area contributed by atoms with Gasteiger partial charge in [0, 0.05) is 31.2 Å². The van der Waals surface area contributed by atoms with Crippen LogP contribution in [0.2, 0.25) is 5.02 Å². The molecular weight excluding hydrogens is 380 g/mol. The first-order valence-corrected chi connectivity index (χ1v) is 8.62. The lowest BCUT2D eigenvalue weighted by atomic mass is 9.97. The van der Waals surface area contributed by atoms with Crippen LogP contribution in [0.25, 0.3) is 0 Å². The lowest BCUT2D eigenvalue weighted by molar-refractivity contribution is -0.137. The second-order valence-corrected chi connectivity index (χ2v) is 6.73. The summed E-state index contributed by atoms with van der Waals surface area (Å²) in [5.74, 6) is 0. The van der Waals surface area contributed by atoms with E-state index in [-0.39, 0.29) is 23.5 Å². The van der Waals surface area contributed by atoms with E-state index in [9.17, 15) is 13.2 Å². The molecule has 1 aliphatic heterocycles. The molecule has 1 N–H and O–H groups in total. The molecule has 8 heteroatoms. The zero-order valence-electron chi connectivity index (χ0n) is 12.6. The van der Waals surface area contributed by atoms with E-state index in [1.165, 1.54) is 6.07 Å². The van der Waals surface area contributed by atoms with Gasteiger partial charge in [-0.05, 0) is 46.2 Å². The largest absolute Gasteiger partial charge is 0.416 e. The first kappa shape index (κ1) is 19.5. The Morgan fingerprint density at radius 1 is 1.12 bits per heavy atom. The van der Waals surface area contributed by atoms with Crippen LogP contribution in [0.1, 0.15) is 22.7 Å². The monoisotopic (exact) mass is 396 g/mol. The molecule has 1 atom stereocenters. The van der Waals surface area contributed by atoms with E-state index < -0.39 is 11.7 Å². The average molecular weight is 397 g/mol. The number of rotatable bonds is 3. The van der Waals surface area contributed by atoms with Gasteiger partial charge in [-0.15, -0.1) is 12.4 Å². The molecule has 0 unspecified atom stereocenters. The van der Waals surface area contributed by atoms with Crippen molar-refractivity contribution in [2.24, 2.45) is 0 Å². The van der Waals surface area contributed by atoms with Gasteiger partial charge in [-0.1, -0.05) is 11.6 Å². The Morgan fingerprint density at radius 2 is 1.83 bits per heavy atom. The van der Waals surface area contributed by atoms with E-state index >= 15 is 0 Å². The SMILES string of the molecule is Cl.FC(F)(F)c1cc(Cl)cc([C@@H](c2ccsc2)N2CCNCC2)c1. The van der Waals surface area contributed by atoms with Crippen LogP contribution in [0, 0.1) is 0 Å². The van der Waals surface area contributed by atoms with E-state index in [1.54, 1.807) is 17.4 Å². The highest BCUT2D eigenvalue weighted by Gasteiger charge is 2.33. The lowest BCUT2D eigenvalue weighted by Gasteiger charge is -2.35. The van der Waals surface area contributed by atoms with Crippen molar-refractivity contribution in [3.05, 3.63) is 56.7 Å². The predicted octanol–water partition coefficient (Wildman–Crippen LogP) is 4.84. The summed E-state index contributed by atoms with van der Waals surface area (Å²) < 4.78 is 39.3. The fourth-order valence-corrected chi connectivity index (χ4v) is 3.84. The maximum absolute atomic E-state index is 13.1. The molecule has 3 rings (SSSR count). The van der Waals surface area contributed by atoms with Gasteiger partial charge in [-0.3, -0.25) is 4.90 Å². The van der Waals surface area contributed by atoms with Gasteiger partial charge in [-0.2, -0.15) is 24.5 Å². The number of nitrogens with one attached hydrogen (secondary N) is 1. The van der Waals surface area contributed by atoms with Crippen LogP contribution in [-0.2, 0) is 6.18 Å². The smallest absolute Gasteiger partial charge is 0.314 e. The van der Waals surface area contributed by atoms with Gasteiger partial charge in [0.2, 0.25) is 0 Å². The standard InChI is InChI=1S/C16H16ClF3N2S.ClH/c17-14-8-12(7-13(9-14)16(18,19)20)15(11-1-6-23-10-11)22-4-2-21-3-5-22;/h1,6-10,15,21H,2-5H2;1H/t15-;/m1./s1. The second-order valence-electron chi connectivity index (χ2n) is 5.52. The molecule has 0 amide bonds. The van der Waals surface area contributed by atoms with Crippen LogP contribution in [0.5, 0.6) is 0 Å². The summed E-state index contributed by atoms with van der Waals surface area (Å²) >= 11 is 7.52. The molecule has 1 aliphatic rings. The maximum atomic E-state index is 13.1. The van der Waals surface area contributed by atoms with E-state index in [4.69, 9.17) is 11.6 Å². The molecule has 1 aromatic carbocycles. The van der Waals surface area contributed by atoms with Crippen LogP contribution >= 0.6 is 35.3 Å². The second kappa shape index (κ2) is 8.06. The van der Waals surface area contributed by atoms with E-state index in [2.05, 4.69) is 10.2 Å². The quantitative estimate of drug-likeness (QED) is 0.798. The minimum atomic E-state index is -4.40. The van der Waals surface area contributed by atoms with Crippen molar-refractivity contribution in [3.8, 4) is 0 Å². The first-order valence-electron chi connectivity index (χ1n) is 7.30. The minimum Gasteiger partial charge on any atom is -0.314 e. The number of hydrogen-bond acceptors (Lipinski definition) is 3. The molecule has 2 heterocycles. The molecule has 132 valence electrons. The molecule has 1 saturated heterocycles. The molecule has 1 aromatic heterocycles. The zero-order chi connectivity index (χ0) is 16.4. The van der Waals surface area contributed by atoms with Gasteiger partial charge < -0.3 is 5.32 Å². The van der Waals surface area contributed by atoms with Gasteiger partial charge in [0.1, 0.15) is 0 Å². The predicted molar refractivity (Wildman–Crippen MR) is 94.3 cm³/mol. The summed E-state index contributed by atoms with van der Waals surface area (Å²) in [4.78, 5) is 2.20. The zero-order valence-corrected chi connectivity index (χ0v) is 15.0. The first-order chi connectivity index (χ1) is 10.9. The van der Waals surface area contributed by atoms with Gasteiger partial charge in [0.15, 0.2) is 0 Å². The number of thiophene rings is 1. The van der Waals surface area contributed by atoms with Gasteiger partial charge in [-0.25, -0.2) is 0 Å². The molecule has 0 radical (unpaired) electrons. The molecule has 2 aromatic rings. The molecule has 2 nitrogen and oxygen atoms in total. The van der Waals surface area contributed by atoms with E-state index in [0.717, 1.165) is 37.8 Å². The van der Waals surface area contributed by atoms with Crippen LogP contribution in [0.4, 0.5) is 13.2 Å². The highest BCUT2D eigenvalue weighted by molar-refractivity contribution is 7.08. The number of benzene rings is 1. The third kappa shape index (κ3) is 4.43. The van der Waals surface area contributed by atoms with Gasteiger partial charge in [0.05, 0.1) is 11.6 Å². The Kier molecular flexibility index (Phi) is 6.56. The van der Waals surface area contributed by atoms with Crippen molar-refractivity contribution in [2.75, 3.05) is 26.2 Å². The summed E-state index contributed by atoms with van der Waals surface area (Å²) in [6.45, 7) is 3.23. The lowest BCUT2D eigenvalue weighted by Crippen LogP contribution is -2.45. The minimum absolute atomic E-state index is 0. The summed E-state index contributed by atoms with van der Waals surface area (Å²) in [5, 5.41) is 7.32. The molecule has 24 heavy (non-hydrogen) atoms. The Morgan fingerprint density at radius 3 is 2.42 bits per heavy atom. The fourth-order valence-electron chi connectivity index (χ4n) is 2.92. The van der Waals surface area contributed by atoms with Crippen molar-refractivity contribution in [2.45, 2.75) is 12.2 Å². The normalized spacial score (nSPS) is 17.3. The summed E-state index contributed by atoms with van der Waals surface area (Å²) in [6.07, 6.45) is -4.40. The van der Waals surface area contributed by atoms with Crippen LogP contribution < -0.4 is 5.32 Å². The molecule has 0 aliphatic carbocycles. The van der Waals surface area contributed by atoms with E-state index in [0.29, 0.717) is 5.56 Å². The molecular formula is C16H17Cl2F3N2S. The van der Waals surface area contributed by atoms with Crippen molar-refractivity contribution >= 4 is 35.3 Å². The Labute approximate surface area is 154 Å². The molecule has 0 saturated carbocycles. The number of hydrogen-bond donors (Lipinski definition) is 1. The Bertz CT molecular complexity index is 656. The summed E-state index contributed by atoms with van der Waals surface area (Å²) in [5.41, 5.74) is 0.896. The summed E-state index contributed by atoms with van der Waals surface area (Å²) in [6, 6.07) is 5.60. The molecule has 1 fully saturated rings. The van der Waals surface area contributed by atoms with Crippen LogP contribution in [-0.4, -0.2) is 31.1 Å². The van der Waals surface area contributed by atoms with Crippen molar-refractivity contribution < 1.29 is 13.2 Å². The van der Waals surface area contributed by atoms with Crippen molar-refractivity contribution in [3.63, 3.8) is 0 Å².